The van der Waals surface area contributed by atoms with Crippen LogP contribution < -0.4 is 0 Å². The van der Waals surface area contributed by atoms with Gasteiger partial charge in [0.05, 0.1) is 11.5 Å². The number of carbonyl (C=O) groups excluding carboxylic acids is 1. The van der Waals surface area contributed by atoms with Gasteiger partial charge in [-0.05, 0) is 33.3 Å². The van der Waals surface area contributed by atoms with E-state index in [9.17, 15) is 14.9 Å². The van der Waals surface area contributed by atoms with Crippen molar-refractivity contribution >= 4 is 11.8 Å². The van der Waals surface area contributed by atoms with Crippen molar-refractivity contribution in [1.82, 2.24) is 4.90 Å². The standard InChI is InChI=1S/C14H20N2O4/c1-5-20-13(17)15(14(2,3)4)10-11-6-8-12(9-7-11)16(18)19/h6-9H,5,10H2,1-4H3. The summed E-state index contributed by atoms with van der Waals surface area (Å²) >= 11 is 0. The molecular formula is C14H20N2O4. The monoisotopic (exact) mass is 280 g/mol. The lowest BCUT2D eigenvalue weighted by atomic mass is 10.1. The number of ether oxygens (including phenoxy) is 1. The van der Waals surface area contributed by atoms with Crippen LogP contribution in [0.25, 0.3) is 0 Å². The van der Waals surface area contributed by atoms with E-state index in [-0.39, 0.29) is 5.69 Å². The number of nitrogens with zero attached hydrogens (tertiary/aromatic N) is 2. The predicted molar refractivity (Wildman–Crippen MR) is 75.4 cm³/mol. The highest BCUT2D eigenvalue weighted by Crippen LogP contribution is 2.20. The van der Waals surface area contributed by atoms with E-state index in [1.165, 1.54) is 12.1 Å². The van der Waals surface area contributed by atoms with Gasteiger partial charge in [0.2, 0.25) is 0 Å². The molecule has 0 aliphatic rings. The van der Waals surface area contributed by atoms with E-state index in [1.807, 2.05) is 20.8 Å². The predicted octanol–water partition coefficient (Wildman–Crippen LogP) is 3.35. The summed E-state index contributed by atoms with van der Waals surface area (Å²) in [5, 5.41) is 10.6. The molecule has 0 fully saturated rings. The van der Waals surface area contributed by atoms with Crippen LogP contribution in [0.5, 0.6) is 0 Å². The van der Waals surface area contributed by atoms with Crippen LogP contribution in [0.2, 0.25) is 0 Å². The fourth-order valence-corrected chi connectivity index (χ4v) is 1.68. The fourth-order valence-electron chi connectivity index (χ4n) is 1.68. The van der Waals surface area contributed by atoms with E-state index in [4.69, 9.17) is 4.74 Å². The summed E-state index contributed by atoms with van der Waals surface area (Å²) in [6, 6.07) is 6.16. The third kappa shape index (κ3) is 4.22. The van der Waals surface area contributed by atoms with Crippen LogP contribution in [0, 0.1) is 10.1 Å². The zero-order chi connectivity index (χ0) is 15.3. The lowest BCUT2D eigenvalue weighted by Crippen LogP contribution is -2.45. The van der Waals surface area contributed by atoms with Crippen LogP contribution in [0.3, 0.4) is 0 Å². The average Bonchev–Trinajstić information content (AvgIpc) is 2.35. The first-order valence-corrected chi connectivity index (χ1v) is 6.43. The molecule has 110 valence electrons. The zero-order valence-corrected chi connectivity index (χ0v) is 12.3. The summed E-state index contributed by atoms with van der Waals surface area (Å²) in [5.41, 5.74) is 0.458. The molecule has 0 aliphatic carbocycles. The van der Waals surface area contributed by atoms with Gasteiger partial charge in [0.1, 0.15) is 0 Å². The summed E-state index contributed by atoms with van der Waals surface area (Å²) in [4.78, 5) is 23.7. The van der Waals surface area contributed by atoms with Crippen LogP contribution in [-0.4, -0.2) is 28.1 Å². The number of benzene rings is 1. The first-order chi connectivity index (χ1) is 9.25. The Kier molecular flexibility index (Phi) is 5.07. The molecule has 0 bridgehead atoms. The molecule has 1 amide bonds. The molecule has 0 spiro atoms. The molecule has 0 saturated heterocycles. The molecule has 0 radical (unpaired) electrons. The number of rotatable bonds is 4. The highest BCUT2D eigenvalue weighted by atomic mass is 16.6. The van der Waals surface area contributed by atoms with Crippen LogP contribution >= 0.6 is 0 Å². The molecule has 0 saturated carbocycles. The van der Waals surface area contributed by atoms with Crippen molar-refractivity contribution in [2.75, 3.05) is 6.61 Å². The minimum Gasteiger partial charge on any atom is -0.450 e. The Bertz CT molecular complexity index is 477. The number of amides is 1. The summed E-state index contributed by atoms with van der Waals surface area (Å²) in [6.45, 7) is 8.15. The van der Waals surface area contributed by atoms with Crippen LogP contribution in [0.15, 0.2) is 24.3 Å². The summed E-state index contributed by atoms with van der Waals surface area (Å²) in [5.74, 6) is 0. The molecule has 0 aliphatic heterocycles. The Labute approximate surface area is 118 Å². The molecule has 0 atom stereocenters. The number of nitro benzene ring substituents is 1. The summed E-state index contributed by atoms with van der Waals surface area (Å²) in [6.07, 6.45) is -0.390. The Hall–Kier alpha value is -2.11. The maximum absolute atomic E-state index is 12.0. The number of carbonyl (C=O) groups is 1. The molecule has 6 heteroatoms. The van der Waals surface area contributed by atoms with Crippen molar-refractivity contribution < 1.29 is 14.5 Å². The van der Waals surface area contributed by atoms with Gasteiger partial charge in [-0.15, -0.1) is 0 Å². The molecule has 0 N–H and O–H groups in total. The zero-order valence-electron chi connectivity index (χ0n) is 12.3. The van der Waals surface area contributed by atoms with Gasteiger partial charge in [-0.1, -0.05) is 12.1 Å². The summed E-state index contributed by atoms with van der Waals surface area (Å²) < 4.78 is 5.04. The fraction of sp³-hybridized carbons (Fsp3) is 0.500. The van der Waals surface area contributed by atoms with E-state index in [2.05, 4.69) is 0 Å². The number of non-ortho nitro benzene ring substituents is 1. The van der Waals surface area contributed by atoms with Gasteiger partial charge in [0.15, 0.2) is 0 Å². The second kappa shape index (κ2) is 6.36. The van der Waals surface area contributed by atoms with E-state index in [0.717, 1.165) is 5.56 Å². The van der Waals surface area contributed by atoms with Crippen molar-refractivity contribution in [3.05, 3.63) is 39.9 Å². The van der Waals surface area contributed by atoms with Crippen molar-refractivity contribution in [3.63, 3.8) is 0 Å². The highest BCUT2D eigenvalue weighted by molar-refractivity contribution is 5.68. The Balaban J connectivity index is 2.90. The van der Waals surface area contributed by atoms with Gasteiger partial charge in [-0.3, -0.25) is 15.0 Å². The van der Waals surface area contributed by atoms with Gasteiger partial charge >= 0.3 is 6.09 Å². The number of nitro groups is 1. The van der Waals surface area contributed by atoms with Gasteiger partial charge in [-0.2, -0.15) is 0 Å². The third-order valence-electron chi connectivity index (χ3n) is 2.79. The normalized spacial score (nSPS) is 11.0. The van der Waals surface area contributed by atoms with Gasteiger partial charge in [-0.25, -0.2) is 4.79 Å². The SMILES string of the molecule is CCOC(=O)N(Cc1ccc([N+](=O)[O-])cc1)C(C)(C)C. The Morgan fingerprint density at radius 2 is 1.85 bits per heavy atom. The smallest absolute Gasteiger partial charge is 0.410 e. The van der Waals surface area contributed by atoms with Crippen molar-refractivity contribution in [3.8, 4) is 0 Å². The van der Waals surface area contributed by atoms with Crippen LogP contribution in [0.4, 0.5) is 10.5 Å². The van der Waals surface area contributed by atoms with Crippen molar-refractivity contribution in [2.45, 2.75) is 39.8 Å². The van der Waals surface area contributed by atoms with Gasteiger partial charge in [0.25, 0.3) is 5.69 Å². The summed E-state index contributed by atoms with van der Waals surface area (Å²) in [7, 11) is 0. The molecular weight excluding hydrogens is 260 g/mol. The molecule has 1 aromatic carbocycles. The minimum atomic E-state index is -0.448. The van der Waals surface area contributed by atoms with Crippen LogP contribution in [-0.2, 0) is 11.3 Å². The number of hydrogen-bond donors (Lipinski definition) is 0. The molecule has 20 heavy (non-hydrogen) atoms. The third-order valence-corrected chi connectivity index (χ3v) is 2.79. The van der Waals surface area contributed by atoms with E-state index >= 15 is 0 Å². The van der Waals surface area contributed by atoms with E-state index < -0.39 is 16.6 Å². The topological polar surface area (TPSA) is 72.7 Å². The second-order valence-electron chi connectivity index (χ2n) is 5.38. The van der Waals surface area contributed by atoms with Gasteiger partial charge in [0, 0.05) is 24.2 Å². The Morgan fingerprint density at radius 1 is 1.30 bits per heavy atom. The molecule has 1 aromatic rings. The molecule has 0 unspecified atom stereocenters. The largest absolute Gasteiger partial charge is 0.450 e. The maximum Gasteiger partial charge on any atom is 0.410 e. The molecule has 6 nitrogen and oxygen atoms in total. The number of hydrogen-bond acceptors (Lipinski definition) is 4. The molecule has 0 aromatic heterocycles. The first kappa shape index (κ1) is 15.9. The highest BCUT2D eigenvalue weighted by Gasteiger charge is 2.27. The average molecular weight is 280 g/mol. The van der Waals surface area contributed by atoms with Crippen molar-refractivity contribution in [1.29, 1.82) is 0 Å². The lowest BCUT2D eigenvalue weighted by molar-refractivity contribution is -0.384. The minimum absolute atomic E-state index is 0.0344. The molecule has 1 rings (SSSR count). The second-order valence-corrected chi connectivity index (χ2v) is 5.38. The Morgan fingerprint density at radius 3 is 2.25 bits per heavy atom. The van der Waals surface area contributed by atoms with Crippen LogP contribution in [0.1, 0.15) is 33.3 Å². The van der Waals surface area contributed by atoms with E-state index in [0.29, 0.717) is 13.2 Å². The first-order valence-electron chi connectivity index (χ1n) is 6.43. The quantitative estimate of drug-likeness (QED) is 0.626. The lowest BCUT2D eigenvalue weighted by Gasteiger charge is -2.34. The molecule has 0 heterocycles. The van der Waals surface area contributed by atoms with Gasteiger partial charge < -0.3 is 4.74 Å². The van der Waals surface area contributed by atoms with Crippen molar-refractivity contribution in [2.24, 2.45) is 0 Å². The maximum atomic E-state index is 12.0. The van der Waals surface area contributed by atoms with E-state index in [1.54, 1.807) is 24.0 Å².